The number of carbonyl (C=O) groups excluding carboxylic acids is 1. The molecule has 0 aromatic heterocycles. The summed E-state index contributed by atoms with van der Waals surface area (Å²) in [5.41, 5.74) is 1.10. The molecule has 1 atom stereocenters. The summed E-state index contributed by atoms with van der Waals surface area (Å²) in [6.45, 7) is 0.553. The zero-order valence-electron chi connectivity index (χ0n) is 10.9. The molecule has 1 saturated heterocycles. The van der Waals surface area contributed by atoms with Crippen LogP contribution in [0, 0.1) is 0 Å². The molecule has 1 fully saturated rings. The van der Waals surface area contributed by atoms with Crippen LogP contribution in [0.4, 0.5) is 0 Å². The predicted octanol–water partition coefficient (Wildman–Crippen LogP) is 2.65. The van der Waals surface area contributed by atoms with Crippen molar-refractivity contribution < 1.29 is 14.7 Å². The second-order valence-electron chi connectivity index (χ2n) is 4.70. The third kappa shape index (κ3) is 3.90. The number of benzene rings is 1. The number of nitrogens with zero attached hydrogens (tertiary/aromatic N) is 1. The first kappa shape index (κ1) is 15.2. The number of carbonyl (C=O) groups is 2. The van der Waals surface area contributed by atoms with Gasteiger partial charge >= 0.3 is 5.97 Å². The average molecular weight is 314 g/mol. The van der Waals surface area contributed by atoms with Crippen molar-refractivity contribution >= 4 is 35.2 Å². The van der Waals surface area contributed by atoms with Crippen LogP contribution in [0.3, 0.4) is 0 Å². The Morgan fingerprint density at radius 2 is 2.05 bits per heavy atom. The van der Waals surface area contributed by atoms with Crippen LogP contribution in [0.5, 0.6) is 0 Å². The molecule has 0 saturated carbocycles. The lowest BCUT2D eigenvalue weighted by atomic mass is 10.2. The largest absolute Gasteiger partial charge is 0.480 e. The number of carboxylic acid groups (broad SMARTS) is 1. The minimum atomic E-state index is -0.904. The van der Waals surface area contributed by atoms with Crippen LogP contribution in [0.15, 0.2) is 24.3 Å². The maximum absolute atomic E-state index is 12.0. The molecule has 0 spiro atoms. The molecule has 0 bridgehead atoms. The molecule has 0 radical (unpaired) electrons. The van der Waals surface area contributed by atoms with Crippen LogP contribution in [0.25, 0.3) is 0 Å². The van der Waals surface area contributed by atoms with Gasteiger partial charge in [0.15, 0.2) is 0 Å². The fourth-order valence-corrected chi connectivity index (χ4v) is 3.24. The van der Waals surface area contributed by atoms with Gasteiger partial charge in [-0.2, -0.15) is 0 Å². The van der Waals surface area contributed by atoms with E-state index >= 15 is 0 Å². The number of thioether (sulfide) groups is 1. The second kappa shape index (κ2) is 6.99. The number of amides is 1. The summed E-state index contributed by atoms with van der Waals surface area (Å²) >= 11 is 7.30. The number of carboxylic acids is 1. The van der Waals surface area contributed by atoms with Gasteiger partial charge in [-0.15, -0.1) is 11.8 Å². The quantitative estimate of drug-likeness (QED) is 0.908. The van der Waals surface area contributed by atoms with Crippen molar-refractivity contribution in [3.63, 3.8) is 0 Å². The van der Waals surface area contributed by atoms with Crippen LogP contribution in [0.1, 0.15) is 18.4 Å². The second-order valence-corrected chi connectivity index (χ2v) is 6.12. The molecule has 1 aromatic rings. The topological polar surface area (TPSA) is 57.6 Å². The highest BCUT2D eigenvalue weighted by atomic mass is 35.5. The highest BCUT2D eigenvalue weighted by Crippen LogP contribution is 2.20. The maximum atomic E-state index is 12.0. The molecule has 2 rings (SSSR count). The van der Waals surface area contributed by atoms with Crippen molar-refractivity contribution in [3.8, 4) is 0 Å². The zero-order chi connectivity index (χ0) is 14.5. The number of aliphatic carboxylic acids is 1. The van der Waals surface area contributed by atoms with Gasteiger partial charge in [0.25, 0.3) is 0 Å². The average Bonchev–Trinajstić information content (AvgIpc) is 2.90. The van der Waals surface area contributed by atoms with E-state index in [0.29, 0.717) is 29.5 Å². The van der Waals surface area contributed by atoms with E-state index in [1.54, 1.807) is 0 Å². The Labute approximate surface area is 127 Å². The first-order valence-corrected chi connectivity index (χ1v) is 7.95. The van der Waals surface area contributed by atoms with Gasteiger partial charge in [0, 0.05) is 17.3 Å². The third-order valence-corrected chi connectivity index (χ3v) is 4.51. The van der Waals surface area contributed by atoms with Crippen molar-refractivity contribution in [3.05, 3.63) is 34.9 Å². The van der Waals surface area contributed by atoms with Crippen molar-refractivity contribution in [2.75, 3.05) is 12.3 Å². The molecule has 1 aliphatic heterocycles. The van der Waals surface area contributed by atoms with E-state index in [9.17, 15) is 9.59 Å². The first-order valence-electron chi connectivity index (χ1n) is 6.42. The fourth-order valence-electron chi connectivity index (χ4n) is 2.24. The van der Waals surface area contributed by atoms with Gasteiger partial charge in [0.2, 0.25) is 5.91 Å². The Hall–Kier alpha value is -1.20. The van der Waals surface area contributed by atoms with Crippen LogP contribution in [0.2, 0.25) is 5.02 Å². The van der Waals surface area contributed by atoms with Crippen molar-refractivity contribution in [1.29, 1.82) is 0 Å². The first-order chi connectivity index (χ1) is 9.58. The Morgan fingerprint density at radius 3 is 2.70 bits per heavy atom. The van der Waals surface area contributed by atoms with Crippen LogP contribution in [-0.2, 0) is 15.3 Å². The van der Waals surface area contributed by atoms with E-state index in [4.69, 9.17) is 16.7 Å². The Kier molecular flexibility index (Phi) is 5.31. The monoisotopic (exact) mass is 313 g/mol. The van der Waals surface area contributed by atoms with E-state index in [-0.39, 0.29) is 5.91 Å². The summed E-state index contributed by atoms with van der Waals surface area (Å²) in [6.07, 6.45) is 1.33. The molecule has 1 heterocycles. The van der Waals surface area contributed by atoms with Crippen molar-refractivity contribution in [2.45, 2.75) is 24.6 Å². The zero-order valence-corrected chi connectivity index (χ0v) is 12.5. The predicted molar refractivity (Wildman–Crippen MR) is 80.0 cm³/mol. The number of rotatable bonds is 5. The van der Waals surface area contributed by atoms with Gasteiger partial charge in [-0.25, -0.2) is 4.79 Å². The number of hydrogen-bond acceptors (Lipinski definition) is 3. The van der Waals surface area contributed by atoms with E-state index in [0.717, 1.165) is 12.0 Å². The van der Waals surface area contributed by atoms with Gasteiger partial charge in [0.1, 0.15) is 6.04 Å². The summed E-state index contributed by atoms with van der Waals surface area (Å²) in [7, 11) is 0. The molecular formula is C14H16ClNO3S. The lowest BCUT2D eigenvalue weighted by Crippen LogP contribution is -2.41. The number of likely N-dealkylation sites (tertiary alicyclic amines) is 1. The lowest BCUT2D eigenvalue weighted by Gasteiger charge is -2.21. The molecule has 6 heteroatoms. The number of hydrogen-bond donors (Lipinski definition) is 1. The molecule has 4 nitrogen and oxygen atoms in total. The summed E-state index contributed by atoms with van der Waals surface area (Å²) in [5.74, 6) is 0.0355. The van der Waals surface area contributed by atoms with E-state index in [1.165, 1.54) is 16.7 Å². The van der Waals surface area contributed by atoms with Crippen LogP contribution in [-0.4, -0.2) is 40.2 Å². The normalized spacial score (nSPS) is 18.2. The minimum Gasteiger partial charge on any atom is -0.480 e. The molecule has 1 aromatic carbocycles. The molecule has 1 N–H and O–H groups in total. The molecule has 108 valence electrons. The Balaban J connectivity index is 1.80. The summed E-state index contributed by atoms with van der Waals surface area (Å²) in [4.78, 5) is 24.5. The Morgan fingerprint density at radius 1 is 1.35 bits per heavy atom. The van der Waals surface area contributed by atoms with Crippen LogP contribution < -0.4 is 0 Å². The lowest BCUT2D eigenvalue weighted by molar-refractivity contribution is -0.147. The smallest absolute Gasteiger partial charge is 0.326 e. The molecule has 0 unspecified atom stereocenters. The van der Waals surface area contributed by atoms with E-state index < -0.39 is 12.0 Å². The third-order valence-electron chi connectivity index (χ3n) is 3.27. The van der Waals surface area contributed by atoms with Crippen LogP contribution >= 0.6 is 23.4 Å². The summed E-state index contributed by atoms with van der Waals surface area (Å²) < 4.78 is 0. The highest BCUT2D eigenvalue weighted by molar-refractivity contribution is 7.99. The fraction of sp³-hybridized carbons (Fsp3) is 0.429. The molecule has 0 aliphatic carbocycles. The van der Waals surface area contributed by atoms with Crippen molar-refractivity contribution in [1.82, 2.24) is 4.90 Å². The van der Waals surface area contributed by atoms with Gasteiger partial charge < -0.3 is 10.0 Å². The van der Waals surface area contributed by atoms with E-state index in [2.05, 4.69) is 0 Å². The minimum absolute atomic E-state index is 0.0890. The summed E-state index contributed by atoms with van der Waals surface area (Å²) in [5, 5.41) is 9.74. The summed E-state index contributed by atoms with van der Waals surface area (Å²) in [6, 6.07) is 6.85. The van der Waals surface area contributed by atoms with Gasteiger partial charge in [0.05, 0.1) is 5.75 Å². The number of halogens is 1. The standard InChI is InChI=1S/C14H16ClNO3S/c15-11-5-3-10(4-6-11)8-20-9-13(17)16-7-1-2-12(16)14(18)19/h3-6,12H,1-2,7-9H2,(H,18,19)/t12-/m1/s1. The van der Waals surface area contributed by atoms with Gasteiger partial charge in [-0.05, 0) is 30.5 Å². The van der Waals surface area contributed by atoms with Crippen molar-refractivity contribution in [2.24, 2.45) is 0 Å². The SMILES string of the molecule is O=C(O)[C@H]1CCCN1C(=O)CSCc1ccc(Cl)cc1. The van der Waals surface area contributed by atoms with Gasteiger partial charge in [-0.1, -0.05) is 23.7 Å². The molecular weight excluding hydrogens is 298 g/mol. The molecule has 1 aliphatic rings. The molecule has 1 amide bonds. The van der Waals surface area contributed by atoms with E-state index in [1.807, 2.05) is 24.3 Å². The van der Waals surface area contributed by atoms with Gasteiger partial charge in [-0.3, -0.25) is 4.79 Å². The highest BCUT2D eigenvalue weighted by Gasteiger charge is 2.33. The molecule has 20 heavy (non-hydrogen) atoms. The maximum Gasteiger partial charge on any atom is 0.326 e. The Bertz CT molecular complexity index is 492.